The number of rotatable bonds is 8. The van der Waals surface area contributed by atoms with Crippen LogP contribution in [0.2, 0.25) is 0 Å². The van der Waals surface area contributed by atoms with Gasteiger partial charge < -0.3 is 5.32 Å². The molecule has 1 unspecified atom stereocenters. The van der Waals surface area contributed by atoms with E-state index in [1.54, 1.807) is 4.31 Å². The molecular weight excluding hydrogens is 248 g/mol. The van der Waals surface area contributed by atoms with Gasteiger partial charge in [0.25, 0.3) is 0 Å². The predicted octanol–water partition coefficient (Wildman–Crippen LogP) is 1.68. The van der Waals surface area contributed by atoms with Crippen molar-refractivity contribution in [3.8, 4) is 0 Å². The quantitative estimate of drug-likeness (QED) is 0.686. The summed E-state index contributed by atoms with van der Waals surface area (Å²) in [5, 5.41) is 3.24. The lowest BCUT2D eigenvalue weighted by Crippen LogP contribution is -2.32. The molecule has 1 saturated heterocycles. The van der Waals surface area contributed by atoms with Crippen molar-refractivity contribution in [2.75, 3.05) is 31.9 Å². The van der Waals surface area contributed by atoms with E-state index in [9.17, 15) is 8.42 Å². The fourth-order valence-electron chi connectivity index (χ4n) is 2.36. The van der Waals surface area contributed by atoms with E-state index in [2.05, 4.69) is 26.1 Å². The molecule has 0 amide bonds. The third-order valence-electron chi connectivity index (χ3n) is 3.71. The van der Waals surface area contributed by atoms with Gasteiger partial charge in [-0.25, -0.2) is 12.7 Å². The summed E-state index contributed by atoms with van der Waals surface area (Å²) in [5.74, 6) is 1.41. The SMILES string of the molecule is CCCNCCCS(=O)(=O)N1CCC(C(C)C)C1. The Bertz CT molecular complexity index is 328. The highest BCUT2D eigenvalue weighted by Crippen LogP contribution is 2.25. The van der Waals surface area contributed by atoms with E-state index < -0.39 is 10.0 Å². The van der Waals surface area contributed by atoms with Gasteiger partial charge in [-0.2, -0.15) is 0 Å². The molecule has 108 valence electrons. The zero-order chi connectivity index (χ0) is 13.6. The van der Waals surface area contributed by atoms with Crippen LogP contribution in [-0.4, -0.2) is 44.7 Å². The Labute approximate surface area is 112 Å². The molecular formula is C13H28N2O2S. The first-order chi connectivity index (χ1) is 8.47. The second kappa shape index (κ2) is 7.46. The largest absolute Gasteiger partial charge is 0.317 e. The molecule has 5 heteroatoms. The van der Waals surface area contributed by atoms with Crippen molar-refractivity contribution in [2.45, 2.75) is 40.0 Å². The molecule has 18 heavy (non-hydrogen) atoms. The van der Waals surface area contributed by atoms with E-state index in [1.807, 2.05) is 0 Å². The first kappa shape index (κ1) is 15.9. The number of nitrogens with zero attached hydrogens (tertiary/aromatic N) is 1. The number of nitrogens with one attached hydrogen (secondary N) is 1. The standard InChI is InChI=1S/C13H28N2O2S/c1-4-7-14-8-5-10-18(16,17)15-9-6-13(11-15)12(2)3/h12-14H,4-11H2,1-3H3. The Hall–Kier alpha value is -0.130. The van der Waals surface area contributed by atoms with Crippen LogP contribution < -0.4 is 5.32 Å². The van der Waals surface area contributed by atoms with Crippen molar-refractivity contribution in [3.63, 3.8) is 0 Å². The Balaban J connectivity index is 2.31. The van der Waals surface area contributed by atoms with Crippen LogP contribution in [0.4, 0.5) is 0 Å². The zero-order valence-corrected chi connectivity index (χ0v) is 12.8. The molecule has 0 aliphatic carbocycles. The highest BCUT2D eigenvalue weighted by molar-refractivity contribution is 7.89. The molecule has 1 atom stereocenters. The summed E-state index contributed by atoms with van der Waals surface area (Å²) in [4.78, 5) is 0. The van der Waals surface area contributed by atoms with Crippen molar-refractivity contribution < 1.29 is 8.42 Å². The molecule has 0 aromatic carbocycles. The van der Waals surface area contributed by atoms with Crippen LogP contribution in [0.3, 0.4) is 0 Å². The van der Waals surface area contributed by atoms with Gasteiger partial charge in [-0.05, 0) is 44.2 Å². The molecule has 0 radical (unpaired) electrons. The lowest BCUT2D eigenvalue weighted by Gasteiger charge is -2.18. The Morgan fingerprint density at radius 1 is 1.33 bits per heavy atom. The maximum Gasteiger partial charge on any atom is 0.214 e. The molecule has 4 nitrogen and oxygen atoms in total. The van der Waals surface area contributed by atoms with Crippen LogP contribution in [0, 0.1) is 11.8 Å². The van der Waals surface area contributed by atoms with Crippen molar-refractivity contribution in [1.82, 2.24) is 9.62 Å². The molecule has 1 rings (SSSR count). The zero-order valence-electron chi connectivity index (χ0n) is 12.0. The first-order valence-corrected chi connectivity index (χ1v) is 8.76. The summed E-state index contributed by atoms with van der Waals surface area (Å²) in [6.07, 6.45) is 2.82. The van der Waals surface area contributed by atoms with Gasteiger partial charge in [0.15, 0.2) is 0 Å². The fourth-order valence-corrected chi connectivity index (χ4v) is 3.93. The van der Waals surface area contributed by atoms with Crippen LogP contribution in [-0.2, 0) is 10.0 Å². The summed E-state index contributed by atoms with van der Waals surface area (Å²) in [6, 6.07) is 0. The molecule has 0 aromatic rings. The van der Waals surface area contributed by atoms with Crippen LogP contribution in [0.5, 0.6) is 0 Å². The minimum absolute atomic E-state index is 0.286. The number of hydrogen-bond donors (Lipinski definition) is 1. The van der Waals surface area contributed by atoms with Crippen LogP contribution >= 0.6 is 0 Å². The molecule has 1 heterocycles. The monoisotopic (exact) mass is 276 g/mol. The second-order valence-corrected chi connectivity index (χ2v) is 7.66. The summed E-state index contributed by atoms with van der Waals surface area (Å²) < 4.78 is 26.0. The minimum Gasteiger partial charge on any atom is -0.317 e. The topological polar surface area (TPSA) is 49.4 Å². The van der Waals surface area contributed by atoms with Gasteiger partial charge in [-0.3, -0.25) is 0 Å². The Kier molecular flexibility index (Phi) is 6.60. The number of hydrogen-bond acceptors (Lipinski definition) is 3. The smallest absolute Gasteiger partial charge is 0.214 e. The molecule has 1 aliphatic heterocycles. The van der Waals surface area contributed by atoms with Crippen molar-refractivity contribution in [2.24, 2.45) is 11.8 Å². The third-order valence-corrected chi connectivity index (χ3v) is 5.63. The Morgan fingerprint density at radius 2 is 2.06 bits per heavy atom. The average Bonchev–Trinajstić information content (AvgIpc) is 2.78. The van der Waals surface area contributed by atoms with E-state index in [-0.39, 0.29) is 5.75 Å². The normalized spacial score (nSPS) is 21.9. The van der Waals surface area contributed by atoms with E-state index in [0.717, 1.165) is 32.5 Å². The molecule has 1 aliphatic rings. The maximum absolute atomic E-state index is 12.1. The molecule has 1 N–H and O–H groups in total. The highest BCUT2D eigenvalue weighted by Gasteiger charge is 2.32. The van der Waals surface area contributed by atoms with Gasteiger partial charge in [0, 0.05) is 13.1 Å². The van der Waals surface area contributed by atoms with Crippen molar-refractivity contribution >= 4 is 10.0 Å². The van der Waals surface area contributed by atoms with Crippen molar-refractivity contribution in [3.05, 3.63) is 0 Å². The fraction of sp³-hybridized carbons (Fsp3) is 1.00. The summed E-state index contributed by atoms with van der Waals surface area (Å²) in [5.41, 5.74) is 0. The third kappa shape index (κ3) is 4.86. The molecule has 0 aromatic heterocycles. The van der Waals surface area contributed by atoms with E-state index in [1.165, 1.54) is 0 Å². The molecule has 0 saturated carbocycles. The van der Waals surface area contributed by atoms with Gasteiger partial charge in [-0.15, -0.1) is 0 Å². The van der Waals surface area contributed by atoms with E-state index in [0.29, 0.717) is 24.8 Å². The summed E-state index contributed by atoms with van der Waals surface area (Å²) in [7, 11) is -3.02. The van der Waals surface area contributed by atoms with Crippen LogP contribution in [0.25, 0.3) is 0 Å². The average molecular weight is 276 g/mol. The van der Waals surface area contributed by atoms with Gasteiger partial charge in [0.05, 0.1) is 5.75 Å². The summed E-state index contributed by atoms with van der Waals surface area (Å²) in [6.45, 7) is 9.68. The van der Waals surface area contributed by atoms with Gasteiger partial charge in [0.2, 0.25) is 10.0 Å². The van der Waals surface area contributed by atoms with Crippen molar-refractivity contribution in [1.29, 1.82) is 0 Å². The van der Waals surface area contributed by atoms with Gasteiger partial charge >= 0.3 is 0 Å². The minimum atomic E-state index is -3.02. The number of sulfonamides is 1. The molecule has 0 spiro atoms. The van der Waals surface area contributed by atoms with Gasteiger partial charge in [0.1, 0.15) is 0 Å². The predicted molar refractivity (Wildman–Crippen MR) is 76.1 cm³/mol. The van der Waals surface area contributed by atoms with E-state index >= 15 is 0 Å². The van der Waals surface area contributed by atoms with Crippen LogP contribution in [0.15, 0.2) is 0 Å². The second-order valence-electron chi connectivity index (χ2n) is 5.57. The lowest BCUT2D eigenvalue weighted by molar-refractivity contribution is 0.388. The van der Waals surface area contributed by atoms with E-state index in [4.69, 9.17) is 0 Å². The van der Waals surface area contributed by atoms with Gasteiger partial charge in [-0.1, -0.05) is 20.8 Å². The lowest BCUT2D eigenvalue weighted by atomic mass is 9.96. The summed E-state index contributed by atoms with van der Waals surface area (Å²) >= 11 is 0. The highest BCUT2D eigenvalue weighted by atomic mass is 32.2. The van der Waals surface area contributed by atoms with Crippen LogP contribution in [0.1, 0.15) is 40.0 Å². The molecule has 0 bridgehead atoms. The molecule has 1 fully saturated rings. The first-order valence-electron chi connectivity index (χ1n) is 7.16. The maximum atomic E-state index is 12.1. The Morgan fingerprint density at radius 3 is 2.61 bits per heavy atom.